The largest absolute Gasteiger partial charge is 0.444 e. The molecule has 0 aliphatic rings. The highest BCUT2D eigenvalue weighted by Crippen LogP contribution is 2.26. The van der Waals surface area contributed by atoms with Gasteiger partial charge in [0.2, 0.25) is 0 Å². The van der Waals surface area contributed by atoms with Crippen LogP contribution in [0.3, 0.4) is 0 Å². The molecule has 0 spiro atoms. The fourth-order valence-electron chi connectivity index (χ4n) is 1.44. The van der Waals surface area contributed by atoms with E-state index in [4.69, 9.17) is 4.42 Å². The maximum Gasteiger partial charge on any atom is 0.181 e. The van der Waals surface area contributed by atoms with Crippen LogP contribution in [0.4, 0.5) is 0 Å². The molecule has 0 saturated heterocycles. The zero-order valence-electron chi connectivity index (χ0n) is 7.83. The SMILES string of the molecule is CCc1cc(Br)ccc1-c1cnco1. The summed E-state index contributed by atoms with van der Waals surface area (Å²) in [5.74, 6) is 0.828. The molecule has 2 aromatic rings. The lowest BCUT2D eigenvalue weighted by Crippen LogP contribution is -1.86. The molecule has 0 aliphatic heterocycles. The van der Waals surface area contributed by atoms with Gasteiger partial charge in [-0.15, -0.1) is 0 Å². The fraction of sp³-hybridized carbons (Fsp3) is 0.182. The average Bonchev–Trinajstić information content (AvgIpc) is 2.70. The number of aromatic nitrogens is 1. The van der Waals surface area contributed by atoms with Gasteiger partial charge >= 0.3 is 0 Å². The molecule has 0 radical (unpaired) electrons. The molecule has 1 heterocycles. The summed E-state index contributed by atoms with van der Waals surface area (Å²) < 4.78 is 6.37. The number of benzene rings is 1. The van der Waals surface area contributed by atoms with Crippen LogP contribution in [0.5, 0.6) is 0 Å². The summed E-state index contributed by atoms with van der Waals surface area (Å²) in [5, 5.41) is 0. The quantitative estimate of drug-likeness (QED) is 0.815. The average molecular weight is 252 g/mol. The van der Waals surface area contributed by atoms with E-state index >= 15 is 0 Å². The smallest absolute Gasteiger partial charge is 0.181 e. The summed E-state index contributed by atoms with van der Waals surface area (Å²) in [4.78, 5) is 3.92. The van der Waals surface area contributed by atoms with E-state index in [9.17, 15) is 0 Å². The van der Waals surface area contributed by atoms with E-state index in [1.807, 2.05) is 12.1 Å². The van der Waals surface area contributed by atoms with Crippen molar-refractivity contribution in [2.24, 2.45) is 0 Å². The first-order chi connectivity index (χ1) is 6.81. The molecule has 0 atom stereocenters. The van der Waals surface area contributed by atoms with Gasteiger partial charge in [0.05, 0.1) is 6.20 Å². The topological polar surface area (TPSA) is 26.0 Å². The maximum atomic E-state index is 5.28. The van der Waals surface area contributed by atoms with Crippen molar-refractivity contribution in [2.75, 3.05) is 0 Å². The van der Waals surface area contributed by atoms with Gasteiger partial charge in [-0.3, -0.25) is 0 Å². The Balaban J connectivity index is 2.53. The van der Waals surface area contributed by atoms with Crippen LogP contribution >= 0.6 is 15.9 Å². The molecular formula is C11H10BrNO. The lowest BCUT2D eigenvalue weighted by Gasteiger charge is -2.04. The molecule has 3 heteroatoms. The number of hydrogen-bond donors (Lipinski definition) is 0. The van der Waals surface area contributed by atoms with Gasteiger partial charge in [-0.05, 0) is 30.2 Å². The third-order valence-electron chi connectivity index (χ3n) is 2.15. The number of oxazole rings is 1. The first kappa shape index (κ1) is 9.46. The van der Waals surface area contributed by atoms with Gasteiger partial charge < -0.3 is 4.42 Å². The van der Waals surface area contributed by atoms with Crippen LogP contribution in [0.25, 0.3) is 11.3 Å². The highest BCUT2D eigenvalue weighted by molar-refractivity contribution is 9.10. The minimum absolute atomic E-state index is 0.828. The second-order valence-electron chi connectivity index (χ2n) is 3.02. The molecule has 0 amide bonds. The Morgan fingerprint density at radius 3 is 2.93 bits per heavy atom. The third-order valence-corrected chi connectivity index (χ3v) is 2.64. The Morgan fingerprint density at radius 1 is 1.43 bits per heavy atom. The maximum absolute atomic E-state index is 5.28. The summed E-state index contributed by atoms with van der Waals surface area (Å²) >= 11 is 3.45. The normalized spacial score (nSPS) is 10.4. The summed E-state index contributed by atoms with van der Waals surface area (Å²) in [7, 11) is 0. The molecule has 2 rings (SSSR count). The monoisotopic (exact) mass is 251 g/mol. The molecule has 72 valence electrons. The number of hydrogen-bond acceptors (Lipinski definition) is 2. The molecule has 0 fully saturated rings. The van der Waals surface area contributed by atoms with Gasteiger partial charge in [-0.2, -0.15) is 0 Å². The zero-order valence-corrected chi connectivity index (χ0v) is 9.41. The van der Waals surface area contributed by atoms with Gasteiger partial charge in [0.25, 0.3) is 0 Å². The van der Waals surface area contributed by atoms with E-state index in [-0.39, 0.29) is 0 Å². The van der Waals surface area contributed by atoms with Crippen LogP contribution in [0.1, 0.15) is 12.5 Å². The number of rotatable bonds is 2. The summed E-state index contributed by atoms with van der Waals surface area (Å²) in [5.41, 5.74) is 2.38. The second kappa shape index (κ2) is 3.96. The molecule has 0 N–H and O–H groups in total. The Morgan fingerprint density at radius 2 is 2.29 bits per heavy atom. The molecule has 0 aliphatic carbocycles. The van der Waals surface area contributed by atoms with Crippen LogP contribution in [0.15, 0.2) is 39.7 Å². The lowest BCUT2D eigenvalue weighted by molar-refractivity contribution is 0.571. The van der Waals surface area contributed by atoms with Gasteiger partial charge in [-0.25, -0.2) is 4.98 Å². The fourth-order valence-corrected chi connectivity index (χ4v) is 1.85. The highest BCUT2D eigenvalue weighted by Gasteiger charge is 2.06. The van der Waals surface area contributed by atoms with Crippen LogP contribution in [0, 0.1) is 0 Å². The summed E-state index contributed by atoms with van der Waals surface area (Å²) in [6.45, 7) is 2.13. The van der Waals surface area contributed by atoms with E-state index < -0.39 is 0 Å². The minimum Gasteiger partial charge on any atom is -0.444 e. The second-order valence-corrected chi connectivity index (χ2v) is 3.94. The van der Waals surface area contributed by atoms with E-state index in [2.05, 4.69) is 33.9 Å². The van der Waals surface area contributed by atoms with Gasteiger partial charge in [0, 0.05) is 10.0 Å². The molecule has 0 unspecified atom stereocenters. The van der Waals surface area contributed by atoms with Crippen LogP contribution in [-0.2, 0) is 6.42 Å². The summed E-state index contributed by atoms with van der Waals surface area (Å²) in [6.07, 6.45) is 4.18. The van der Waals surface area contributed by atoms with Crippen molar-refractivity contribution in [2.45, 2.75) is 13.3 Å². The number of nitrogens with zero attached hydrogens (tertiary/aromatic N) is 1. The van der Waals surface area contributed by atoms with Crippen molar-refractivity contribution in [1.29, 1.82) is 0 Å². The Bertz CT molecular complexity index is 423. The van der Waals surface area contributed by atoms with Gasteiger partial charge in [-0.1, -0.05) is 22.9 Å². The predicted octanol–water partition coefficient (Wildman–Crippen LogP) is 3.67. The van der Waals surface area contributed by atoms with E-state index in [0.29, 0.717) is 0 Å². The molecule has 1 aromatic heterocycles. The standard InChI is InChI=1S/C11H10BrNO/c1-2-8-5-9(12)3-4-10(8)11-6-13-7-14-11/h3-7H,2H2,1H3. The molecule has 0 bridgehead atoms. The van der Waals surface area contributed by atoms with Crippen LogP contribution < -0.4 is 0 Å². The highest BCUT2D eigenvalue weighted by atomic mass is 79.9. The van der Waals surface area contributed by atoms with Crippen LogP contribution in [0.2, 0.25) is 0 Å². The van der Waals surface area contributed by atoms with Crippen LogP contribution in [-0.4, -0.2) is 4.98 Å². The van der Waals surface area contributed by atoms with Crippen molar-refractivity contribution in [3.8, 4) is 11.3 Å². The lowest BCUT2D eigenvalue weighted by atomic mass is 10.0. The van der Waals surface area contributed by atoms with Crippen molar-refractivity contribution in [3.05, 3.63) is 40.8 Å². The van der Waals surface area contributed by atoms with E-state index in [1.165, 1.54) is 12.0 Å². The van der Waals surface area contributed by atoms with Crippen molar-refractivity contribution in [3.63, 3.8) is 0 Å². The third kappa shape index (κ3) is 1.73. The Hall–Kier alpha value is -1.09. The molecular weight excluding hydrogens is 242 g/mol. The number of halogens is 1. The predicted molar refractivity (Wildman–Crippen MR) is 59.0 cm³/mol. The Kier molecular flexibility index (Phi) is 2.68. The van der Waals surface area contributed by atoms with E-state index in [1.54, 1.807) is 6.20 Å². The van der Waals surface area contributed by atoms with Gasteiger partial charge in [0.1, 0.15) is 0 Å². The van der Waals surface area contributed by atoms with Gasteiger partial charge in [0.15, 0.2) is 12.2 Å². The molecule has 0 saturated carbocycles. The van der Waals surface area contributed by atoms with E-state index in [0.717, 1.165) is 22.2 Å². The molecule has 2 nitrogen and oxygen atoms in total. The summed E-state index contributed by atoms with van der Waals surface area (Å²) in [6, 6.07) is 6.16. The van der Waals surface area contributed by atoms with Crippen molar-refractivity contribution >= 4 is 15.9 Å². The zero-order chi connectivity index (χ0) is 9.97. The minimum atomic E-state index is 0.828. The Labute approximate surface area is 91.1 Å². The van der Waals surface area contributed by atoms with Crippen molar-refractivity contribution in [1.82, 2.24) is 4.98 Å². The number of aryl methyl sites for hydroxylation is 1. The molecule has 14 heavy (non-hydrogen) atoms. The van der Waals surface area contributed by atoms with Crippen molar-refractivity contribution < 1.29 is 4.42 Å². The molecule has 1 aromatic carbocycles. The first-order valence-electron chi connectivity index (χ1n) is 4.48. The first-order valence-corrected chi connectivity index (χ1v) is 5.28.